The molecule has 35 heavy (non-hydrogen) atoms. The lowest BCUT2D eigenvalue weighted by Crippen LogP contribution is -2.44. The van der Waals surface area contributed by atoms with E-state index in [4.69, 9.17) is 9.47 Å². The van der Waals surface area contributed by atoms with Gasteiger partial charge in [-0.25, -0.2) is 4.90 Å². The Balaban J connectivity index is 1.36. The molecule has 0 aromatic heterocycles. The minimum absolute atomic E-state index is 0.0970. The predicted molar refractivity (Wildman–Crippen MR) is 127 cm³/mol. The molecule has 2 fully saturated rings. The minimum atomic E-state index is -0.804. The largest absolute Gasteiger partial charge is 0.454 e. The predicted octanol–water partition coefficient (Wildman–Crippen LogP) is 3.81. The molecule has 0 radical (unpaired) electrons. The third-order valence-electron chi connectivity index (χ3n) is 7.40. The molecular weight excluding hydrogens is 444 g/mol. The van der Waals surface area contributed by atoms with Gasteiger partial charge in [0.25, 0.3) is 0 Å². The Morgan fingerprint density at radius 1 is 0.829 bits per heavy atom. The number of imide groups is 1. The van der Waals surface area contributed by atoms with Crippen molar-refractivity contribution >= 4 is 29.4 Å². The van der Waals surface area contributed by atoms with Gasteiger partial charge in [0, 0.05) is 17.8 Å². The Hall–Kier alpha value is -4.39. The first-order chi connectivity index (χ1) is 17.1. The highest BCUT2D eigenvalue weighted by atomic mass is 16.7. The molecule has 0 spiro atoms. The van der Waals surface area contributed by atoms with Crippen molar-refractivity contribution in [3.63, 3.8) is 0 Å². The van der Waals surface area contributed by atoms with Gasteiger partial charge in [0.15, 0.2) is 17.3 Å². The summed E-state index contributed by atoms with van der Waals surface area (Å²) in [7, 11) is 0. The van der Waals surface area contributed by atoms with Crippen LogP contribution in [0.2, 0.25) is 0 Å². The molecule has 0 aliphatic carbocycles. The number of Topliss-reactive ketones (excluding diaryl/α,β-unsaturated/α-hetero) is 1. The number of nitrogens with zero attached hydrogens (tertiary/aromatic N) is 2. The summed E-state index contributed by atoms with van der Waals surface area (Å²) in [6.07, 6.45) is 3.81. The molecular formula is C28H20N2O5. The molecule has 3 aromatic rings. The van der Waals surface area contributed by atoms with Gasteiger partial charge in [-0.2, -0.15) is 0 Å². The SMILES string of the molecule is O=C(c1ccccc1)[C@@H]1[C@@H]2C(=O)N(c3ccc4c(c3)OCO4)C(=O)[C@H]2[C@H]2c3ccccc3C=CN12. The van der Waals surface area contributed by atoms with E-state index in [-0.39, 0.29) is 24.4 Å². The molecule has 3 aromatic carbocycles. The van der Waals surface area contributed by atoms with Gasteiger partial charge < -0.3 is 14.4 Å². The Kier molecular flexibility index (Phi) is 4.18. The van der Waals surface area contributed by atoms with E-state index in [0.717, 1.165) is 11.1 Å². The van der Waals surface area contributed by atoms with E-state index in [9.17, 15) is 14.4 Å². The third kappa shape index (κ3) is 2.75. The second-order valence-electron chi connectivity index (χ2n) is 9.11. The standard InChI is InChI=1S/C28H20N2O5/c31-26(17-7-2-1-3-8-17)25-23-22(24-19-9-5-4-6-16(19)12-13-29(24)25)27(32)30(28(23)33)18-10-11-20-21(14-18)35-15-34-20/h1-14,22-25H,15H2/t22-,23-,24-,25+/m1/s1. The lowest BCUT2D eigenvalue weighted by Gasteiger charge is -2.35. The minimum Gasteiger partial charge on any atom is -0.454 e. The zero-order valence-electron chi connectivity index (χ0n) is 18.5. The maximum absolute atomic E-state index is 13.9. The van der Waals surface area contributed by atoms with E-state index in [1.807, 2.05) is 47.5 Å². The van der Waals surface area contributed by atoms with E-state index in [2.05, 4.69) is 0 Å². The topological polar surface area (TPSA) is 76.1 Å². The maximum Gasteiger partial charge on any atom is 0.240 e. The number of carbonyl (C=O) groups is 3. The molecule has 4 aliphatic rings. The van der Waals surface area contributed by atoms with Crippen LogP contribution in [-0.4, -0.2) is 35.3 Å². The highest BCUT2D eigenvalue weighted by Crippen LogP contribution is 2.54. The monoisotopic (exact) mass is 464 g/mol. The highest BCUT2D eigenvalue weighted by Gasteiger charge is 2.64. The van der Waals surface area contributed by atoms with E-state index in [1.165, 1.54) is 4.90 Å². The first kappa shape index (κ1) is 20.0. The van der Waals surface area contributed by atoms with Gasteiger partial charge in [-0.3, -0.25) is 14.4 Å². The molecule has 0 saturated carbocycles. The fourth-order valence-corrected chi connectivity index (χ4v) is 5.91. The molecule has 4 heterocycles. The number of ketones is 1. The summed E-state index contributed by atoms with van der Waals surface area (Å²) in [6.45, 7) is 0.0970. The summed E-state index contributed by atoms with van der Waals surface area (Å²) in [5.74, 6) is -1.26. The fraction of sp³-hybridized carbons (Fsp3) is 0.179. The molecule has 7 nitrogen and oxygen atoms in total. The van der Waals surface area contributed by atoms with Crippen molar-refractivity contribution in [3.8, 4) is 11.5 Å². The van der Waals surface area contributed by atoms with Gasteiger partial charge in [0.05, 0.1) is 23.6 Å². The lowest BCUT2D eigenvalue weighted by atomic mass is 9.83. The van der Waals surface area contributed by atoms with E-state index in [1.54, 1.807) is 42.5 Å². The van der Waals surface area contributed by atoms with Crippen molar-refractivity contribution in [2.45, 2.75) is 12.1 Å². The second kappa shape index (κ2) is 7.30. The molecule has 4 atom stereocenters. The number of hydrogen-bond donors (Lipinski definition) is 0. The van der Waals surface area contributed by atoms with Gasteiger partial charge in [-0.05, 0) is 29.3 Å². The van der Waals surface area contributed by atoms with Crippen LogP contribution in [0.25, 0.3) is 6.08 Å². The van der Waals surface area contributed by atoms with Gasteiger partial charge in [0.1, 0.15) is 6.04 Å². The Morgan fingerprint density at radius 2 is 1.57 bits per heavy atom. The van der Waals surface area contributed by atoms with Crippen LogP contribution in [-0.2, 0) is 9.59 Å². The number of rotatable bonds is 3. The summed E-state index contributed by atoms with van der Waals surface area (Å²) in [5, 5.41) is 0. The molecule has 7 rings (SSSR count). The van der Waals surface area contributed by atoms with Gasteiger partial charge >= 0.3 is 0 Å². The number of hydrogen-bond acceptors (Lipinski definition) is 6. The number of anilines is 1. The van der Waals surface area contributed by atoms with Crippen molar-refractivity contribution in [2.24, 2.45) is 11.8 Å². The van der Waals surface area contributed by atoms with Crippen molar-refractivity contribution in [2.75, 3.05) is 11.7 Å². The van der Waals surface area contributed by atoms with Crippen LogP contribution in [0.5, 0.6) is 11.5 Å². The number of carbonyl (C=O) groups excluding carboxylic acids is 3. The average Bonchev–Trinajstić information content (AvgIpc) is 3.57. The van der Waals surface area contributed by atoms with Gasteiger partial charge in [-0.15, -0.1) is 0 Å². The Morgan fingerprint density at radius 3 is 2.43 bits per heavy atom. The quantitative estimate of drug-likeness (QED) is 0.433. The maximum atomic E-state index is 13.9. The normalized spacial score (nSPS) is 25.5. The van der Waals surface area contributed by atoms with E-state index >= 15 is 0 Å². The van der Waals surface area contributed by atoms with Crippen LogP contribution in [0.3, 0.4) is 0 Å². The number of benzene rings is 3. The first-order valence-corrected chi connectivity index (χ1v) is 11.5. The molecule has 0 N–H and O–H groups in total. The highest BCUT2D eigenvalue weighted by molar-refractivity contribution is 6.24. The van der Waals surface area contributed by atoms with Crippen molar-refractivity contribution in [1.29, 1.82) is 0 Å². The molecule has 0 unspecified atom stereocenters. The second-order valence-corrected chi connectivity index (χ2v) is 9.11. The lowest BCUT2D eigenvalue weighted by molar-refractivity contribution is -0.123. The summed E-state index contributed by atoms with van der Waals surface area (Å²) in [4.78, 5) is 44.8. The third-order valence-corrected chi connectivity index (χ3v) is 7.40. The fourth-order valence-electron chi connectivity index (χ4n) is 5.91. The molecule has 4 aliphatic heterocycles. The number of amides is 2. The molecule has 172 valence electrons. The van der Waals surface area contributed by atoms with E-state index < -0.39 is 23.9 Å². The van der Waals surface area contributed by atoms with Crippen LogP contribution in [0.15, 0.2) is 79.0 Å². The Bertz CT molecular complexity index is 1430. The van der Waals surface area contributed by atoms with Gasteiger partial charge in [-0.1, -0.05) is 54.6 Å². The summed E-state index contributed by atoms with van der Waals surface area (Å²) >= 11 is 0. The average molecular weight is 464 g/mol. The van der Waals surface area contributed by atoms with Crippen LogP contribution in [0, 0.1) is 11.8 Å². The van der Waals surface area contributed by atoms with Crippen LogP contribution >= 0.6 is 0 Å². The van der Waals surface area contributed by atoms with Crippen LogP contribution in [0.1, 0.15) is 27.5 Å². The van der Waals surface area contributed by atoms with Crippen molar-refractivity contribution < 1.29 is 23.9 Å². The Labute approximate surface area is 201 Å². The van der Waals surface area contributed by atoms with Crippen molar-refractivity contribution in [3.05, 3.63) is 95.7 Å². The number of ether oxygens (including phenoxy) is 2. The molecule has 0 bridgehead atoms. The van der Waals surface area contributed by atoms with Crippen LogP contribution < -0.4 is 14.4 Å². The molecule has 2 saturated heterocycles. The summed E-state index contributed by atoms with van der Waals surface area (Å²) in [5.41, 5.74) is 2.88. The smallest absolute Gasteiger partial charge is 0.240 e. The number of fused-ring (bicyclic) bond motifs is 6. The summed E-state index contributed by atoms with van der Waals surface area (Å²) < 4.78 is 10.9. The molecule has 7 heteroatoms. The summed E-state index contributed by atoms with van der Waals surface area (Å²) in [6, 6.07) is 20.6. The zero-order chi connectivity index (χ0) is 23.7. The van der Waals surface area contributed by atoms with Gasteiger partial charge in [0.2, 0.25) is 18.6 Å². The first-order valence-electron chi connectivity index (χ1n) is 11.5. The molecule has 2 amide bonds. The van der Waals surface area contributed by atoms with Crippen molar-refractivity contribution in [1.82, 2.24) is 4.90 Å². The van der Waals surface area contributed by atoms with E-state index in [0.29, 0.717) is 22.7 Å². The zero-order valence-corrected chi connectivity index (χ0v) is 18.5. The van der Waals surface area contributed by atoms with Crippen LogP contribution in [0.4, 0.5) is 5.69 Å².